The Morgan fingerprint density at radius 1 is 1.44 bits per heavy atom. The third-order valence-corrected chi connectivity index (χ3v) is 3.02. The molecule has 1 aromatic rings. The quantitative estimate of drug-likeness (QED) is 0.862. The van der Waals surface area contributed by atoms with Gasteiger partial charge in [-0.25, -0.2) is 0 Å². The monoisotopic (exact) mass is 283 g/mol. The summed E-state index contributed by atoms with van der Waals surface area (Å²) in [5, 5.41) is 3.31. The first kappa shape index (κ1) is 11.5. The van der Waals surface area contributed by atoms with Crippen LogP contribution in [0.2, 0.25) is 0 Å². The Balaban J connectivity index is 2.06. The van der Waals surface area contributed by atoms with Gasteiger partial charge in [0.15, 0.2) is 11.5 Å². The van der Waals surface area contributed by atoms with E-state index in [4.69, 9.17) is 9.47 Å². The Morgan fingerprint density at radius 2 is 2.12 bits per heavy atom. The normalized spacial score (nSPS) is 12.9. The maximum absolute atomic E-state index is 5.33. The fourth-order valence-corrected chi connectivity index (χ4v) is 1.97. The SMILES string of the molecule is C=C(C)CNCc1cc2c(cc1Br)OCO2. The zero-order valence-corrected chi connectivity index (χ0v) is 10.8. The molecule has 3 nitrogen and oxygen atoms in total. The van der Waals surface area contributed by atoms with Crippen molar-refractivity contribution in [3.05, 3.63) is 34.3 Å². The van der Waals surface area contributed by atoms with Crippen molar-refractivity contribution < 1.29 is 9.47 Å². The van der Waals surface area contributed by atoms with Gasteiger partial charge in [-0.2, -0.15) is 0 Å². The summed E-state index contributed by atoms with van der Waals surface area (Å²) in [6.07, 6.45) is 0. The highest BCUT2D eigenvalue weighted by molar-refractivity contribution is 9.10. The molecule has 1 aliphatic heterocycles. The molecule has 4 heteroatoms. The van der Waals surface area contributed by atoms with Gasteiger partial charge < -0.3 is 14.8 Å². The zero-order chi connectivity index (χ0) is 11.5. The van der Waals surface area contributed by atoms with E-state index in [2.05, 4.69) is 27.8 Å². The molecule has 0 fully saturated rings. The van der Waals surface area contributed by atoms with E-state index in [1.165, 1.54) is 0 Å². The van der Waals surface area contributed by atoms with E-state index in [1.807, 2.05) is 19.1 Å². The Labute approximate surface area is 104 Å². The summed E-state index contributed by atoms with van der Waals surface area (Å²) in [6.45, 7) is 7.76. The molecular formula is C12H14BrNO2. The summed E-state index contributed by atoms with van der Waals surface area (Å²) >= 11 is 3.52. The second kappa shape index (κ2) is 4.89. The molecule has 0 saturated carbocycles. The van der Waals surface area contributed by atoms with Gasteiger partial charge in [0.2, 0.25) is 6.79 Å². The number of halogens is 1. The lowest BCUT2D eigenvalue weighted by Gasteiger charge is -2.08. The molecule has 0 bridgehead atoms. The van der Waals surface area contributed by atoms with Crippen LogP contribution in [-0.4, -0.2) is 13.3 Å². The molecule has 2 rings (SSSR count). The van der Waals surface area contributed by atoms with Crippen LogP contribution in [0, 0.1) is 0 Å². The number of hydrogen-bond acceptors (Lipinski definition) is 3. The van der Waals surface area contributed by atoms with Crippen LogP contribution >= 0.6 is 15.9 Å². The van der Waals surface area contributed by atoms with Crippen LogP contribution in [0.25, 0.3) is 0 Å². The second-order valence-corrected chi connectivity index (χ2v) is 4.71. The van der Waals surface area contributed by atoms with Gasteiger partial charge in [0, 0.05) is 17.6 Å². The average Bonchev–Trinajstić information content (AvgIpc) is 2.64. The summed E-state index contributed by atoms with van der Waals surface area (Å²) in [4.78, 5) is 0. The van der Waals surface area contributed by atoms with Crippen molar-refractivity contribution in [1.29, 1.82) is 0 Å². The molecule has 0 radical (unpaired) electrons. The molecule has 0 atom stereocenters. The first-order valence-electron chi connectivity index (χ1n) is 5.10. The standard InChI is InChI=1S/C12H14BrNO2/c1-8(2)5-14-6-9-3-11-12(4-10(9)13)16-7-15-11/h3-4,14H,1,5-7H2,2H3. The summed E-state index contributed by atoms with van der Waals surface area (Å²) < 4.78 is 11.7. The van der Waals surface area contributed by atoms with Crippen molar-refractivity contribution >= 4 is 15.9 Å². The van der Waals surface area contributed by atoms with Crippen molar-refractivity contribution in [2.75, 3.05) is 13.3 Å². The van der Waals surface area contributed by atoms with E-state index >= 15 is 0 Å². The van der Waals surface area contributed by atoms with Gasteiger partial charge in [-0.3, -0.25) is 0 Å². The van der Waals surface area contributed by atoms with Crippen LogP contribution in [0.4, 0.5) is 0 Å². The zero-order valence-electron chi connectivity index (χ0n) is 9.18. The molecule has 1 aromatic carbocycles. The highest BCUT2D eigenvalue weighted by Gasteiger charge is 2.15. The Morgan fingerprint density at radius 3 is 2.81 bits per heavy atom. The van der Waals surface area contributed by atoms with Crippen LogP contribution in [0.1, 0.15) is 12.5 Å². The van der Waals surface area contributed by atoms with E-state index < -0.39 is 0 Å². The Hall–Kier alpha value is -1.00. The van der Waals surface area contributed by atoms with Crippen molar-refractivity contribution in [1.82, 2.24) is 5.32 Å². The van der Waals surface area contributed by atoms with Gasteiger partial charge in [0.1, 0.15) is 0 Å². The molecule has 0 amide bonds. The minimum Gasteiger partial charge on any atom is -0.454 e. The van der Waals surface area contributed by atoms with Crippen LogP contribution in [0.15, 0.2) is 28.8 Å². The molecule has 0 aromatic heterocycles. The van der Waals surface area contributed by atoms with Gasteiger partial charge in [0.25, 0.3) is 0 Å². The average molecular weight is 284 g/mol. The lowest BCUT2D eigenvalue weighted by Crippen LogP contribution is -2.15. The van der Waals surface area contributed by atoms with Crippen LogP contribution < -0.4 is 14.8 Å². The van der Waals surface area contributed by atoms with Crippen molar-refractivity contribution in [3.63, 3.8) is 0 Å². The smallest absolute Gasteiger partial charge is 0.231 e. The number of benzene rings is 1. The predicted molar refractivity (Wildman–Crippen MR) is 66.8 cm³/mol. The number of nitrogens with one attached hydrogen (secondary N) is 1. The third kappa shape index (κ3) is 2.57. The topological polar surface area (TPSA) is 30.5 Å². The van der Waals surface area contributed by atoms with Gasteiger partial charge in [-0.1, -0.05) is 28.1 Å². The molecule has 86 valence electrons. The van der Waals surface area contributed by atoms with Crippen LogP contribution in [0.3, 0.4) is 0 Å². The fraction of sp³-hybridized carbons (Fsp3) is 0.333. The first-order chi connectivity index (χ1) is 7.66. The number of rotatable bonds is 4. The van der Waals surface area contributed by atoms with E-state index in [9.17, 15) is 0 Å². The molecule has 0 aliphatic carbocycles. The maximum atomic E-state index is 5.33. The summed E-state index contributed by atoms with van der Waals surface area (Å²) in [6, 6.07) is 3.94. The minimum absolute atomic E-state index is 0.310. The summed E-state index contributed by atoms with van der Waals surface area (Å²) in [7, 11) is 0. The molecular weight excluding hydrogens is 270 g/mol. The Bertz CT molecular complexity index is 418. The van der Waals surface area contributed by atoms with Crippen LogP contribution in [-0.2, 0) is 6.54 Å². The van der Waals surface area contributed by atoms with E-state index in [0.717, 1.165) is 40.2 Å². The largest absolute Gasteiger partial charge is 0.454 e. The van der Waals surface area contributed by atoms with Gasteiger partial charge >= 0.3 is 0 Å². The molecule has 0 spiro atoms. The molecule has 0 saturated heterocycles. The number of fused-ring (bicyclic) bond motifs is 1. The summed E-state index contributed by atoms with van der Waals surface area (Å²) in [5.74, 6) is 1.62. The predicted octanol–water partition coefficient (Wildman–Crippen LogP) is 2.84. The lowest BCUT2D eigenvalue weighted by atomic mass is 10.2. The third-order valence-electron chi connectivity index (χ3n) is 2.28. The van der Waals surface area contributed by atoms with Crippen molar-refractivity contribution in [2.24, 2.45) is 0 Å². The van der Waals surface area contributed by atoms with Crippen LogP contribution in [0.5, 0.6) is 11.5 Å². The molecule has 0 unspecified atom stereocenters. The van der Waals surface area contributed by atoms with E-state index in [1.54, 1.807) is 0 Å². The molecule has 16 heavy (non-hydrogen) atoms. The van der Waals surface area contributed by atoms with E-state index in [-0.39, 0.29) is 0 Å². The molecule has 1 N–H and O–H groups in total. The van der Waals surface area contributed by atoms with Crippen molar-refractivity contribution in [3.8, 4) is 11.5 Å². The van der Waals surface area contributed by atoms with Gasteiger partial charge in [-0.15, -0.1) is 0 Å². The lowest BCUT2D eigenvalue weighted by molar-refractivity contribution is 0.174. The minimum atomic E-state index is 0.310. The Kier molecular flexibility index (Phi) is 3.51. The molecule has 1 heterocycles. The van der Waals surface area contributed by atoms with Crippen molar-refractivity contribution in [2.45, 2.75) is 13.5 Å². The molecule has 1 aliphatic rings. The van der Waals surface area contributed by atoms with Gasteiger partial charge in [-0.05, 0) is 24.6 Å². The number of ether oxygens (including phenoxy) is 2. The second-order valence-electron chi connectivity index (χ2n) is 3.86. The highest BCUT2D eigenvalue weighted by atomic mass is 79.9. The maximum Gasteiger partial charge on any atom is 0.231 e. The fourth-order valence-electron chi connectivity index (χ4n) is 1.51. The van der Waals surface area contributed by atoms with Gasteiger partial charge in [0.05, 0.1) is 0 Å². The van der Waals surface area contributed by atoms with E-state index in [0.29, 0.717) is 6.79 Å². The first-order valence-corrected chi connectivity index (χ1v) is 5.89. The summed E-state index contributed by atoms with van der Waals surface area (Å²) in [5.41, 5.74) is 2.28. The number of hydrogen-bond donors (Lipinski definition) is 1. The highest BCUT2D eigenvalue weighted by Crippen LogP contribution is 2.36.